The van der Waals surface area contributed by atoms with Crippen molar-refractivity contribution in [3.8, 4) is 0 Å². The van der Waals surface area contributed by atoms with Gasteiger partial charge in [0.2, 0.25) is 5.95 Å². The predicted molar refractivity (Wildman–Crippen MR) is 59.8 cm³/mol. The smallest absolute Gasteiger partial charge is 0.433 e. The van der Waals surface area contributed by atoms with E-state index in [9.17, 15) is 18.0 Å². The van der Waals surface area contributed by atoms with Crippen LogP contribution in [0.4, 0.5) is 19.1 Å². The Balaban J connectivity index is 2.40. The molecule has 1 N–H and O–H groups in total. The van der Waals surface area contributed by atoms with Gasteiger partial charge < -0.3 is 10.0 Å². The molecule has 1 saturated heterocycles. The van der Waals surface area contributed by atoms with Crippen molar-refractivity contribution in [3.05, 3.63) is 17.5 Å². The minimum Gasteiger partial charge on any atom is -0.480 e. The molecule has 1 unspecified atom stereocenters. The molecule has 1 aliphatic heterocycles. The Morgan fingerprint density at radius 2 is 2.16 bits per heavy atom. The van der Waals surface area contributed by atoms with Gasteiger partial charge in [0.1, 0.15) is 11.7 Å². The highest BCUT2D eigenvalue weighted by Crippen LogP contribution is 2.30. The summed E-state index contributed by atoms with van der Waals surface area (Å²) in [6.07, 6.45) is -3.59. The van der Waals surface area contributed by atoms with Gasteiger partial charge in [-0.15, -0.1) is 0 Å². The molecular formula is C11H12F3N3O2. The van der Waals surface area contributed by atoms with Crippen molar-refractivity contribution in [3.63, 3.8) is 0 Å². The number of aromatic nitrogens is 2. The number of hydrogen-bond donors (Lipinski definition) is 1. The molecule has 0 spiro atoms. The molecular weight excluding hydrogens is 263 g/mol. The first kappa shape index (κ1) is 13.6. The number of nitrogens with zero attached hydrogens (tertiary/aromatic N) is 3. The van der Waals surface area contributed by atoms with Gasteiger partial charge in [0, 0.05) is 12.2 Å². The standard InChI is InChI=1S/C11H12F3N3O2/c1-6-5-8(11(12,13)14)16-10(15-6)17-4-2-3-7(17)9(18)19/h5,7H,2-4H2,1H3,(H,18,19). The van der Waals surface area contributed by atoms with E-state index in [1.165, 1.54) is 11.8 Å². The maximum Gasteiger partial charge on any atom is 0.433 e. The van der Waals surface area contributed by atoms with Crippen LogP contribution in [0.25, 0.3) is 0 Å². The van der Waals surface area contributed by atoms with Crippen molar-refractivity contribution in [2.45, 2.75) is 32.0 Å². The van der Waals surface area contributed by atoms with Gasteiger partial charge in [0.05, 0.1) is 0 Å². The molecule has 1 aliphatic rings. The zero-order valence-electron chi connectivity index (χ0n) is 10.1. The summed E-state index contributed by atoms with van der Waals surface area (Å²) in [7, 11) is 0. The van der Waals surface area contributed by atoms with Gasteiger partial charge >= 0.3 is 12.1 Å². The van der Waals surface area contributed by atoms with E-state index in [0.717, 1.165) is 6.07 Å². The molecule has 0 aromatic carbocycles. The Labute approximate surface area is 107 Å². The second-order valence-corrected chi connectivity index (χ2v) is 4.38. The first-order valence-corrected chi connectivity index (χ1v) is 5.71. The van der Waals surface area contributed by atoms with E-state index in [1.54, 1.807) is 0 Å². The molecule has 5 nitrogen and oxygen atoms in total. The molecule has 1 aromatic rings. The molecule has 104 valence electrons. The topological polar surface area (TPSA) is 66.3 Å². The summed E-state index contributed by atoms with van der Waals surface area (Å²) < 4.78 is 38.0. The highest BCUT2D eigenvalue weighted by atomic mass is 19.4. The highest BCUT2D eigenvalue weighted by Gasteiger charge is 2.36. The highest BCUT2D eigenvalue weighted by molar-refractivity contribution is 5.78. The third kappa shape index (κ3) is 2.77. The summed E-state index contributed by atoms with van der Waals surface area (Å²) in [5, 5.41) is 9.02. The first-order valence-electron chi connectivity index (χ1n) is 5.71. The molecule has 8 heteroatoms. The number of carboxylic acids is 1. The first-order chi connectivity index (χ1) is 8.79. The minimum absolute atomic E-state index is 0.161. The van der Waals surface area contributed by atoms with Crippen molar-refractivity contribution in [1.82, 2.24) is 9.97 Å². The van der Waals surface area contributed by atoms with Gasteiger partial charge in [-0.2, -0.15) is 13.2 Å². The maximum absolute atomic E-state index is 12.7. The molecule has 1 fully saturated rings. The van der Waals surface area contributed by atoms with Crippen LogP contribution >= 0.6 is 0 Å². The number of hydrogen-bond acceptors (Lipinski definition) is 4. The summed E-state index contributed by atoms with van der Waals surface area (Å²) in [4.78, 5) is 19.7. The molecule has 19 heavy (non-hydrogen) atoms. The minimum atomic E-state index is -4.57. The summed E-state index contributed by atoms with van der Waals surface area (Å²) in [5.74, 6) is -1.24. The van der Waals surface area contributed by atoms with Crippen LogP contribution < -0.4 is 4.90 Å². The Kier molecular flexibility index (Phi) is 3.34. The number of rotatable bonds is 2. The van der Waals surface area contributed by atoms with Crippen LogP contribution in [0, 0.1) is 6.92 Å². The SMILES string of the molecule is Cc1cc(C(F)(F)F)nc(N2CCCC2C(=O)O)n1. The number of carboxylic acid groups (broad SMARTS) is 1. The molecule has 0 radical (unpaired) electrons. The lowest BCUT2D eigenvalue weighted by Crippen LogP contribution is -2.37. The van der Waals surface area contributed by atoms with E-state index < -0.39 is 23.9 Å². The fourth-order valence-electron chi connectivity index (χ4n) is 2.09. The van der Waals surface area contributed by atoms with E-state index in [1.807, 2.05) is 0 Å². The Morgan fingerprint density at radius 1 is 1.47 bits per heavy atom. The summed E-state index contributed by atoms with van der Waals surface area (Å²) in [5.41, 5.74) is -0.889. The van der Waals surface area contributed by atoms with Gasteiger partial charge in [-0.3, -0.25) is 0 Å². The van der Waals surface area contributed by atoms with Gasteiger partial charge in [0.15, 0.2) is 0 Å². The van der Waals surface area contributed by atoms with Gasteiger partial charge in [-0.25, -0.2) is 14.8 Å². The molecule has 0 saturated carbocycles. The van der Waals surface area contributed by atoms with Crippen LogP contribution in [-0.4, -0.2) is 33.6 Å². The molecule has 1 aromatic heterocycles. The number of anilines is 1. The second-order valence-electron chi connectivity index (χ2n) is 4.38. The van der Waals surface area contributed by atoms with Crippen LogP contribution in [-0.2, 0) is 11.0 Å². The Bertz CT molecular complexity index is 504. The van der Waals surface area contributed by atoms with Gasteiger partial charge in [-0.1, -0.05) is 0 Å². The zero-order chi connectivity index (χ0) is 14.2. The fourth-order valence-corrected chi connectivity index (χ4v) is 2.09. The normalized spacial score (nSPS) is 19.8. The summed E-state index contributed by atoms with van der Waals surface area (Å²) >= 11 is 0. The van der Waals surface area contributed by atoms with E-state index in [0.29, 0.717) is 19.4 Å². The third-order valence-electron chi connectivity index (χ3n) is 2.93. The van der Waals surface area contributed by atoms with Crippen LogP contribution in [0.5, 0.6) is 0 Å². The summed E-state index contributed by atoms with van der Waals surface area (Å²) in [6.45, 7) is 1.77. The average Bonchev–Trinajstić information content (AvgIpc) is 2.75. The Hall–Kier alpha value is -1.86. The van der Waals surface area contributed by atoms with E-state index >= 15 is 0 Å². The lowest BCUT2D eigenvalue weighted by molar-refractivity contribution is -0.141. The fraction of sp³-hybridized carbons (Fsp3) is 0.545. The van der Waals surface area contributed by atoms with Gasteiger partial charge in [-0.05, 0) is 25.8 Å². The van der Waals surface area contributed by atoms with Crippen molar-refractivity contribution in [2.24, 2.45) is 0 Å². The monoisotopic (exact) mass is 275 g/mol. The van der Waals surface area contributed by atoms with E-state index in [-0.39, 0.29) is 11.6 Å². The van der Waals surface area contributed by atoms with E-state index in [2.05, 4.69) is 9.97 Å². The number of aliphatic carboxylic acids is 1. The molecule has 0 aliphatic carbocycles. The quantitative estimate of drug-likeness (QED) is 0.892. The maximum atomic E-state index is 12.7. The third-order valence-corrected chi connectivity index (χ3v) is 2.93. The number of carbonyl (C=O) groups is 1. The molecule has 2 heterocycles. The second kappa shape index (κ2) is 4.67. The molecule has 0 bridgehead atoms. The summed E-state index contributed by atoms with van der Waals surface area (Å²) in [6, 6.07) is -0.0158. The largest absolute Gasteiger partial charge is 0.480 e. The van der Waals surface area contributed by atoms with Crippen molar-refractivity contribution in [2.75, 3.05) is 11.4 Å². The number of aryl methyl sites for hydroxylation is 1. The molecule has 2 rings (SSSR count). The Morgan fingerprint density at radius 3 is 2.74 bits per heavy atom. The molecule has 0 amide bonds. The molecule has 1 atom stereocenters. The number of halogens is 3. The van der Waals surface area contributed by atoms with Crippen molar-refractivity contribution in [1.29, 1.82) is 0 Å². The zero-order valence-corrected chi connectivity index (χ0v) is 10.1. The van der Waals surface area contributed by atoms with Gasteiger partial charge in [0.25, 0.3) is 0 Å². The lowest BCUT2D eigenvalue weighted by Gasteiger charge is -2.22. The van der Waals surface area contributed by atoms with Crippen LogP contribution in [0.1, 0.15) is 24.2 Å². The predicted octanol–water partition coefficient (Wildman–Crippen LogP) is 1.86. The van der Waals surface area contributed by atoms with Crippen LogP contribution in [0.3, 0.4) is 0 Å². The van der Waals surface area contributed by atoms with E-state index in [4.69, 9.17) is 5.11 Å². The number of alkyl halides is 3. The van der Waals surface area contributed by atoms with Crippen LogP contribution in [0.15, 0.2) is 6.07 Å². The average molecular weight is 275 g/mol. The van der Waals surface area contributed by atoms with Crippen molar-refractivity contribution < 1.29 is 23.1 Å². The van der Waals surface area contributed by atoms with Crippen LogP contribution in [0.2, 0.25) is 0 Å². The van der Waals surface area contributed by atoms with Crippen molar-refractivity contribution >= 4 is 11.9 Å². The lowest BCUT2D eigenvalue weighted by atomic mass is 10.2.